The Morgan fingerprint density at radius 2 is 2.22 bits per heavy atom. The van der Waals surface area contributed by atoms with Gasteiger partial charge < -0.3 is 4.74 Å². The summed E-state index contributed by atoms with van der Waals surface area (Å²) in [4.78, 5) is 13.2. The maximum Gasteiger partial charge on any atom is 0.307 e. The Hall–Kier alpha value is -0.270. The highest BCUT2D eigenvalue weighted by atomic mass is 32.2. The number of hydrogen-bond acceptors (Lipinski definition) is 6. The zero-order chi connectivity index (χ0) is 13.8. The van der Waals surface area contributed by atoms with E-state index in [1.54, 1.807) is 18.7 Å². The molecule has 2 unspecified atom stereocenters. The second-order valence-electron chi connectivity index (χ2n) is 4.35. The van der Waals surface area contributed by atoms with E-state index in [0.29, 0.717) is 12.3 Å². The molecule has 0 spiro atoms. The van der Waals surface area contributed by atoms with Gasteiger partial charge in [0.1, 0.15) is 5.37 Å². The molecule has 7 heteroatoms. The van der Waals surface area contributed by atoms with Gasteiger partial charge in [-0.15, -0.1) is 0 Å². The van der Waals surface area contributed by atoms with E-state index in [2.05, 4.69) is 4.74 Å². The number of esters is 1. The van der Waals surface area contributed by atoms with Crippen LogP contribution in [0.2, 0.25) is 0 Å². The molecule has 0 aromatic heterocycles. The lowest BCUT2D eigenvalue weighted by molar-refractivity contribution is -0.141. The fourth-order valence-corrected chi connectivity index (χ4v) is 5.17. The molecule has 0 N–H and O–H groups in total. The second-order valence-corrected chi connectivity index (χ2v) is 7.95. The van der Waals surface area contributed by atoms with Gasteiger partial charge in [0, 0.05) is 29.8 Å². The van der Waals surface area contributed by atoms with Crippen molar-refractivity contribution < 1.29 is 17.9 Å². The highest BCUT2D eigenvalue weighted by Gasteiger charge is 2.35. The van der Waals surface area contributed by atoms with Crippen LogP contribution in [0.3, 0.4) is 0 Å². The monoisotopic (exact) mass is 295 g/mol. The third kappa shape index (κ3) is 3.86. The van der Waals surface area contributed by atoms with Gasteiger partial charge in [0.05, 0.1) is 13.5 Å². The maximum atomic E-state index is 12.1. The smallest absolute Gasteiger partial charge is 0.307 e. The van der Waals surface area contributed by atoms with Crippen LogP contribution in [-0.2, 0) is 19.4 Å². The predicted octanol–water partition coefficient (Wildman–Crippen LogP) is 0.748. The summed E-state index contributed by atoms with van der Waals surface area (Å²) in [6.45, 7) is 4.25. The number of sulfone groups is 1. The molecular formula is C11H21NO4S2. The second kappa shape index (κ2) is 6.77. The SMILES string of the molecule is CCS(=O)(=O)C1CSCCN1C(C)CC(=O)OC. The van der Waals surface area contributed by atoms with Gasteiger partial charge >= 0.3 is 5.97 Å². The quantitative estimate of drug-likeness (QED) is 0.697. The molecule has 0 amide bonds. The summed E-state index contributed by atoms with van der Waals surface area (Å²) in [5.41, 5.74) is 0. The first kappa shape index (κ1) is 15.8. The summed E-state index contributed by atoms with van der Waals surface area (Å²) in [5.74, 6) is 1.33. The zero-order valence-electron chi connectivity index (χ0n) is 11.1. The number of thioether (sulfide) groups is 1. The Balaban J connectivity index is 2.79. The summed E-state index contributed by atoms with van der Waals surface area (Å²) in [6.07, 6.45) is 0.233. The van der Waals surface area contributed by atoms with E-state index in [4.69, 9.17) is 0 Å². The van der Waals surface area contributed by atoms with Crippen LogP contribution in [0.25, 0.3) is 0 Å². The summed E-state index contributed by atoms with van der Waals surface area (Å²) in [6, 6.07) is -0.107. The molecule has 18 heavy (non-hydrogen) atoms. The third-order valence-corrected chi connectivity index (χ3v) is 6.50. The van der Waals surface area contributed by atoms with Crippen molar-refractivity contribution in [1.29, 1.82) is 0 Å². The lowest BCUT2D eigenvalue weighted by Gasteiger charge is -2.38. The Bertz CT molecular complexity index is 383. The predicted molar refractivity (Wildman–Crippen MR) is 73.4 cm³/mol. The van der Waals surface area contributed by atoms with Crippen molar-refractivity contribution in [2.75, 3.05) is 30.9 Å². The van der Waals surface area contributed by atoms with Gasteiger partial charge in [-0.1, -0.05) is 6.92 Å². The molecule has 1 saturated heterocycles. The Kier molecular flexibility index (Phi) is 5.94. The minimum absolute atomic E-state index is 0.107. The van der Waals surface area contributed by atoms with Gasteiger partial charge in [0.15, 0.2) is 9.84 Å². The van der Waals surface area contributed by atoms with Crippen molar-refractivity contribution in [3.8, 4) is 0 Å². The molecule has 1 heterocycles. The van der Waals surface area contributed by atoms with Crippen molar-refractivity contribution in [2.45, 2.75) is 31.7 Å². The van der Waals surface area contributed by atoms with E-state index < -0.39 is 15.2 Å². The minimum atomic E-state index is -3.10. The highest BCUT2D eigenvalue weighted by molar-refractivity contribution is 8.01. The van der Waals surface area contributed by atoms with Crippen molar-refractivity contribution >= 4 is 27.6 Å². The normalized spacial score (nSPS) is 23.6. The van der Waals surface area contributed by atoms with Gasteiger partial charge in [-0.3, -0.25) is 9.69 Å². The fourth-order valence-electron chi connectivity index (χ4n) is 2.04. The van der Waals surface area contributed by atoms with Crippen LogP contribution in [0.5, 0.6) is 0 Å². The summed E-state index contributed by atoms with van der Waals surface area (Å²) < 4.78 is 28.7. The van der Waals surface area contributed by atoms with Crippen LogP contribution < -0.4 is 0 Å². The number of ether oxygens (including phenoxy) is 1. The van der Waals surface area contributed by atoms with Gasteiger partial charge in [-0.2, -0.15) is 11.8 Å². The molecule has 1 aliphatic rings. The molecule has 5 nitrogen and oxygen atoms in total. The topological polar surface area (TPSA) is 63.7 Å². The molecular weight excluding hydrogens is 274 g/mol. The van der Waals surface area contributed by atoms with Crippen molar-refractivity contribution in [3.63, 3.8) is 0 Å². The number of nitrogens with zero attached hydrogens (tertiary/aromatic N) is 1. The lowest BCUT2D eigenvalue weighted by Crippen LogP contribution is -2.52. The molecule has 0 aromatic carbocycles. The van der Waals surface area contributed by atoms with E-state index in [1.165, 1.54) is 7.11 Å². The molecule has 1 fully saturated rings. The van der Waals surface area contributed by atoms with Crippen molar-refractivity contribution in [3.05, 3.63) is 0 Å². The zero-order valence-corrected chi connectivity index (χ0v) is 12.7. The first-order valence-electron chi connectivity index (χ1n) is 6.04. The molecule has 1 aliphatic heterocycles. The van der Waals surface area contributed by atoms with Gasteiger partial charge in [-0.05, 0) is 6.92 Å². The van der Waals surface area contributed by atoms with Crippen LogP contribution in [0.4, 0.5) is 0 Å². The highest BCUT2D eigenvalue weighted by Crippen LogP contribution is 2.24. The summed E-state index contributed by atoms with van der Waals surface area (Å²) in [7, 11) is -1.76. The fraction of sp³-hybridized carbons (Fsp3) is 0.909. The first-order chi connectivity index (χ1) is 8.42. The van der Waals surface area contributed by atoms with Crippen LogP contribution in [0, 0.1) is 0 Å². The van der Waals surface area contributed by atoms with Gasteiger partial charge in [-0.25, -0.2) is 8.42 Å². The van der Waals surface area contributed by atoms with Crippen molar-refractivity contribution in [2.24, 2.45) is 0 Å². The molecule has 0 saturated carbocycles. The largest absolute Gasteiger partial charge is 0.469 e. The number of hydrogen-bond donors (Lipinski definition) is 0. The van der Waals surface area contributed by atoms with Gasteiger partial charge in [0.2, 0.25) is 0 Å². The third-order valence-electron chi connectivity index (χ3n) is 3.20. The molecule has 2 atom stereocenters. The van der Waals surface area contributed by atoms with E-state index >= 15 is 0 Å². The van der Waals surface area contributed by atoms with Crippen LogP contribution >= 0.6 is 11.8 Å². The van der Waals surface area contributed by atoms with E-state index in [0.717, 1.165) is 5.75 Å². The van der Waals surface area contributed by atoms with Gasteiger partial charge in [0.25, 0.3) is 0 Å². The maximum absolute atomic E-state index is 12.1. The van der Waals surface area contributed by atoms with Crippen LogP contribution in [0.1, 0.15) is 20.3 Å². The number of rotatable bonds is 5. The molecule has 106 valence electrons. The Labute approximate surface area is 113 Å². The molecule has 0 bridgehead atoms. The molecule has 0 aromatic rings. The van der Waals surface area contributed by atoms with Crippen molar-refractivity contribution in [1.82, 2.24) is 4.90 Å². The molecule has 0 aliphatic carbocycles. The van der Waals surface area contributed by atoms with E-state index in [-0.39, 0.29) is 24.2 Å². The standard InChI is InChI=1S/C11H21NO4S2/c1-4-18(14,15)10-8-17-6-5-12(10)9(2)7-11(13)16-3/h9-10H,4-8H2,1-3H3. The average molecular weight is 295 g/mol. The minimum Gasteiger partial charge on any atom is -0.469 e. The molecule has 1 rings (SSSR count). The van der Waals surface area contributed by atoms with E-state index in [9.17, 15) is 13.2 Å². The Morgan fingerprint density at radius 3 is 2.78 bits per heavy atom. The lowest BCUT2D eigenvalue weighted by atomic mass is 10.2. The molecule has 0 radical (unpaired) electrons. The number of methoxy groups -OCH3 is 1. The first-order valence-corrected chi connectivity index (χ1v) is 8.91. The summed E-state index contributed by atoms with van der Waals surface area (Å²) in [5, 5.41) is -0.471. The number of carbonyl (C=O) groups is 1. The number of carbonyl (C=O) groups excluding carboxylic acids is 1. The van der Waals surface area contributed by atoms with Crippen LogP contribution in [0.15, 0.2) is 0 Å². The summed E-state index contributed by atoms with van der Waals surface area (Å²) >= 11 is 1.65. The van der Waals surface area contributed by atoms with Crippen LogP contribution in [-0.4, -0.2) is 61.6 Å². The Morgan fingerprint density at radius 1 is 1.56 bits per heavy atom. The average Bonchev–Trinajstić information content (AvgIpc) is 2.38. The van der Waals surface area contributed by atoms with E-state index in [1.807, 2.05) is 11.8 Å².